The minimum atomic E-state index is -0.382. The number of rotatable bonds is 4. The zero-order valence-electron chi connectivity index (χ0n) is 13.6. The van der Waals surface area contributed by atoms with E-state index in [-0.39, 0.29) is 22.6 Å². The van der Waals surface area contributed by atoms with Gasteiger partial charge in [-0.05, 0) is 25.3 Å². The van der Waals surface area contributed by atoms with Crippen LogP contribution >= 0.6 is 0 Å². The van der Waals surface area contributed by atoms with Crippen molar-refractivity contribution in [2.75, 3.05) is 26.2 Å². The fourth-order valence-electron chi connectivity index (χ4n) is 3.48. The standard InChI is InChI=1S/C16H29N3O2/c1-15(2,3)13(20)18-8-9-19-14(21)16-7-5-4-6-12(16)10-17-11-16/h12,17H,4-11H2,1-3H3,(H,18,20)(H,19,21)/t12-,16+/m0/s1. The van der Waals surface area contributed by atoms with Crippen molar-refractivity contribution in [2.45, 2.75) is 46.5 Å². The summed E-state index contributed by atoms with van der Waals surface area (Å²) in [4.78, 5) is 24.3. The van der Waals surface area contributed by atoms with Crippen molar-refractivity contribution in [3.63, 3.8) is 0 Å². The number of hydrogen-bond acceptors (Lipinski definition) is 3. The van der Waals surface area contributed by atoms with Gasteiger partial charge in [-0.3, -0.25) is 9.59 Å². The Bertz CT molecular complexity index is 403. The van der Waals surface area contributed by atoms with Crippen LogP contribution in [0.5, 0.6) is 0 Å². The maximum Gasteiger partial charge on any atom is 0.227 e. The molecule has 2 aliphatic rings. The Labute approximate surface area is 127 Å². The van der Waals surface area contributed by atoms with Gasteiger partial charge in [-0.25, -0.2) is 0 Å². The zero-order chi connectivity index (χ0) is 15.5. The highest BCUT2D eigenvalue weighted by atomic mass is 16.2. The first kappa shape index (κ1) is 16.3. The molecule has 2 rings (SSSR count). The van der Waals surface area contributed by atoms with Crippen molar-refractivity contribution in [3.05, 3.63) is 0 Å². The Morgan fingerprint density at radius 3 is 2.62 bits per heavy atom. The van der Waals surface area contributed by atoms with Gasteiger partial charge in [0.25, 0.3) is 0 Å². The van der Waals surface area contributed by atoms with Crippen LogP contribution in [0.4, 0.5) is 0 Å². The number of fused-ring (bicyclic) bond motifs is 1. The van der Waals surface area contributed by atoms with Gasteiger partial charge in [0.15, 0.2) is 0 Å². The van der Waals surface area contributed by atoms with Crippen molar-refractivity contribution >= 4 is 11.8 Å². The summed E-state index contributed by atoms with van der Waals surface area (Å²) in [5.74, 6) is 0.672. The first-order valence-corrected chi connectivity index (χ1v) is 8.13. The van der Waals surface area contributed by atoms with E-state index >= 15 is 0 Å². The number of carbonyl (C=O) groups excluding carboxylic acids is 2. The highest BCUT2D eigenvalue weighted by molar-refractivity contribution is 5.84. The van der Waals surface area contributed by atoms with Crippen LogP contribution in [0.3, 0.4) is 0 Å². The molecule has 0 radical (unpaired) electrons. The van der Waals surface area contributed by atoms with Crippen LogP contribution in [0.15, 0.2) is 0 Å². The van der Waals surface area contributed by atoms with Gasteiger partial charge in [-0.2, -0.15) is 0 Å². The smallest absolute Gasteiger partial charge is 0.227 e. The summed E-state index contributed by atoms with van der Waals surface area (Å²) in [5, 5.41) is 9.28. The van der Waals surface area contributed by atoms with Crippen LogP contribution in [-0.4, -0.2) is 38.0 Å². The predicted molar refractivity (Wildman–Crippen MR) is 82.7 cm³/mol. The molecule has 0 aromatic heterocycles. The molecule has 2 fully saturated rings. The molecule has 1 aliphatic heterocycles. The molecule has 1 heterocycles. The molecule has 1 aliphatic carbocycles. The summed E-state index contributed by atoms with van der Waals surface area (Å²) < 4.78 is 0. The van der Waals surface area contributed by atoms with Crippen LogP contribution in [0, 0.1) is 16.7 Å². The molecule has 5 heteroatoms. The zero-order valence-corrected chi connectivity index (χ0v) is 13.6. The molecule has 120 valence electrons. The van der Waals surface area contributed by atoms with Crippen LogP contribution < -0.4 is 16.0 Å². The third-order valence-electron chi connectivity index (χ3n) is 4.87. The molecule has 2 amide bonds. The van der Waals surface area contributed by atoms with Crippen LogP contribution in [0.1, 0.15) is 46.5 Å². The van der Waals surface area contributed by atoms with Gasteiger partial charge in [-0.1, -0.05) is 33.6 Å². The van der Waals surface area contributed by atoms with E-state index in [4.69, 9.17) is 0 Å². The molecule has 0 unspecified atom stereocenters. The van der Waals surface area contributed by atoms with Gasteiger partial charge in [0.05, 0.1) is 5.41 Å². The highest BCUT2D eigenvalue weighted by Gasteiger charge is 2.49. The van der Waals surface area contributed by atoms with Gasteiger partial charge in [-0.15, -0.1) is 0 Å². The molecular weight excluding hydrogens is 266 g/mol. The van der Waals surface area contributed by atoms with E-state index in [1.807, 2.05) is 20.8 Å². The van der Waals surface area contributed by atoms with E-state index in [0.29, 0.717) is 19.0 Å². The minimum absolute atomic E-state index is 0.0213. The topological polar surface area (TPSA) is 70.2 Å². The molecule has 0 aromatic rings. The van der Waals surface area contributed by atoms with E-state index in [2.05, 4.69) is 16.0 Å². The van der Waals surface area contributed by atoms with Crippen LogP contribution in [0.2, 0.25) is 0 Å². The maximum atomic E-state index is 12.6. The molecule has 1 saturated carbocycles. The Morgan fingerprint density at radius 1 is 1.19 bits per heavy atom. The molecule has 5 nitrogen and oxygen atoms in total. The van der Waals surface area contributed by atoms with E-state index < -0.39 is 0 Å². The van der Waals surface area contributed by atoms with Gasteiger partial charge in [0.2, 0.25) is 11.8 Å². The first-order valence-electron chi connectivity index (χ1n) is 8.13. The molecule has 0 bridgehead atoms. The van der Waals surface area contributed by atoms with Crippen molar-refractivity contribution in [1.82, 2.24) is 16.0 Å². The third kappa shape index (κ3) is 3.57. The summed E-state index contributed by atoms with van der Waals surface area (Å²) in [5.41, 5.74) is -0.585. The van der Waals surface area contributed by atoms with Gasteiger partial charge >= 0.3 is 0 Å². The second-order valence-electron chi connectivity index (χ2n) is 7.49. The van der Waals surface area contributed by atoms with Gasteiger partial charge in [0.1, 0.15) is 0 Å². The Hall–Kier alpha value is -1.10. The molecule has 3 N–H and O–H groups in total. The van der Waals surface area contributed by atoms with E-state index in [9.17, 15) is 9.59 Å². The van der Waals surface area contributed by atoms with E-state index in [1.165, 1.54) is 6.42 Å². The lowest BCUT2D eigenvalue weighted by atomic mass is 9.67. The minimum Gasteiger partial charge on any atom is -0.354 e. The van der Waals surface area contributed by atoms with Crippen molar-refractivity contribution in [3.8, 4) is 0 Å². The monoisotopic (exact) mass is 295 g/mol. The first-order chi connectivity index (χ1) is 9.86. The summed E-state index contributed by atoms with van der Waals surface area (Å²) in [7, 11) is 0. The third-order valence-corrected chi connectivity index (χ3v) is 4.87. The lowest BCUT2D eigenvalue weighted by Crippen LogP contribution is -2.49. The summed E-state index contributed by atoms with van der Waals surface area (Å²) >= 11 is 0. The number of hydrogen-bond donors (Lipinski definition) is 3. The van der Waals surface area contributed by atoms with Crippen molar-refractivity contribution in [2.24, 2.45) is 16.7 Å². The Kier molecular flexibility index (Phi) is 4.91. The molecule has 0 aromatic carbocycles. The van der Waals surface area contributed by atoms with Crippen LogP contribution in [-0.2, 0) is 9.59 Å². The van der Waals surface area contributed by atoms with E-state index in [0.717, 1.165) is 32.4 Å². The Morgan fingerprint density at radius 2 is 1.90 bits per heavy atom. The normalized spacial score (nSPS) is 28.8. The van der Waals surface area contributed by atoms with Gasteiger partial charge < -0.3 is 16.0 Å². The highest BCUT2D eigenvalue weighted by Crippen LogP contribution is 2.43. The SMILES string of the molecule is CC(C)(C)C(=O)NCCNC(=O)[C@@]12CCCC[C@H]1CNC2. The quantitative estimate of drug-likeness (QED) is 0.679. The number of nitrogens with one attached hydrogen (secondary N) is 3. The predicted octanol–water partition coefficient (Wildman–Crippen LogP) is 1.04. The second-order valence-corrected chi connectivity index (χ2v) is 7.49. The average molecular weight is 295 g/mol. The molecule has 2 atom stereocenters. The largest absolute Gasteiger partial charge is 0.354 e. The summed E-state index contributed by atoms with van der Waals surface area (Å²) in [6.45, 7) is 8.43. The molecule has 21 heavy (non-hydrogen) atoms. The summed E-state index contributed by atoms with van der Waals surface area (Å²) in [6.07, 6.45) is 4.53. The lowest BCUT2D eigenvalue weighted by molar-refractivity contribution is -0.134. The Balaban J connectivity index is 1.78. The molecule has 0 spiro atoms. The number of carbonyl (C=O) groups is 2. The van der Waals surface area contributed by atoms with Gasteiger partial charge in [0, 0.05) is 25.0 Å². The summed E-state index contributed by atoms with van der Waals surface area (Å²) in [6, 6.07) is 0. The second kappa shape index (κ2) is 6.34. The average Bonchev–Trinajstić information content (AvgIpc) is 2.87. The van der Waals surface area contributed by atoms with Crippen LogP contribution in [0.25, 0.3) is 0 Å². The molecule has 1 saturated heterocycles. The fourth-order valence-corrected chi connectivity index (χ4v) is 3.48. The molecular formula is C16H29N3O2. The maximum absolute atomic E-state index is 12.6. The number of amides is 2. The van der Waals surface area contributed by atoms with Crippen molar-refractivity contribution < 1.29 is 9.59 Å². The lowest BCUT2D eigenvalue weighted by Gasteiger charge is -2.37. The fraction of sp³-hybridized carbons (Fsp3) is 0.875. The van der Waals surface area contributed by atoms with Crippen molar-refractivity contribution in [1.29, 1.82) is 0 Å². The van der Waals surface area contributed by atoms with E-state index in [1.54, 1.807) is 0 Å².